The molecule has 21 heavy (non-hydrogen) atoms. The molecule has 0 heterocycles. The number of anilines is 1. The first kappa shape index (κ1) is 16.6. The Hall–Kier alpha value is -0.790. The van der Waals surface area contributed by atoms with Crippen molar-refractivity contribution in [3.63, 3.8) is 0 Å². The van der Waals surface area contributed by atoms with E-state index in [0.717, 1.165) is 0 Å². The number of sulfonamides is 1. The molecule has 0 amide bonds. The SMILES string of the molecule is NCc1cc(S(=O)(=O)Nc2ccc(Cl)cc2Br)ccc1Cl. The molecule has 0 radical (unpaired) electrons. The maximum absolute atomic E-state index is 12.4. The van der Waals surface area contributed by atoms with Crippen LogP contribution < -0.4 is 10.5 Å². The molecule has 0 fully saturated rings. The molecule has 0 aromatic heterocycles. The lowest BCUT2D eigenvalue weighted by molar-refractivity contribution is 0.601. The van der Waals surface area contributed by atoms with Gasteiger partial charge in [0, 0.05) is 21.1 Å². The molecule has 4 nitrogen and oxygen atoms in total. The van der Waals surface area contributed by atoms with Crippen molar-refractivity contribution in [3.05, 3.63) is 56.5 Å². The van der Waals surface area contributed by atoms with Gasteiger partial charge < -0.3 is 5.73 Å². The van der Waals surface area contributed by atoms with E-state index in [9.17, 15) is 8.42 Å². The number of hydrogen-bond donors (Lipinski definition) is 2. The molecule has 0 aliphatic rings. The maximum atomic E-state index is 12.4. The molecule has 3 N–H and O–H groups in total. The average Bonchev–Trinajstić information content (AvgIpc) is 2.42. The molecule has 112 valence electrons. The Labute approximate surface area is 141 Å². The minimum Gasteiger partial charge on any atom is -0.326 e. The van der Waals surface area contributed by atoms with Gasteiger partial charge in [-0.1, -0.05) is 23.2 Å². The van der Waals surface area contributed by atoms with Crippen LogP contribution in [0.4, 0.5) is 5.69 Å². The molecule has 0 unspecified atom stereocenters. The van der Waals surface area contributed by atoms with E-state index < -0.39 is 10.0 Å². The van der Waals surface area contributed by atoms with Gasteiger partial charge in [-0.25, -0.2) is 8.42 Å². The summed E-state index contributed by atoms with van der Waals surface area (Å²) in [7, 11) is -3.74. The van der Waals surface area contributed by atoms with Gasteiger partial charge in [-0.2, -0.15) is 0 Å². The molecule has 2 aromatic carbocycles. The number of rotatable bonds is 4. The van der Waals surface area contributed by atoms with Gasteiger partial charge in [0.15, 0.2) is 0 Å². The Morgan fingerprint density at radius 1 is 1.14 bits per heavy atom. The molecule has 0 atom stereocenters. The van der Waals surface area contributed by atoms with Crippen LogP contribution >= 0.6 is 39.1 Å². The highest BCUT2D eigenvalue weighted by Crippen LogP contribution is 2.28. The van der Waals surface area contributed by atoms with E-state index in [1.807, 2.05) is 0 Å². The Bertz CT molecular complexity index is 782. The van der Waals surface area contributed by atoms with E-state index in [2.05, 4.69) is 20.7 Å². The Balaban J connectivity index is 2.38. The third-order valence-corrected chi connectivity index (χ3v) is 5.35. The lowest BCUT2D eigenvalue weighted by atomic mass is 10.2. The second kappa shape index (κ2) is 6.54. The zero-order valence-corrected chi connectivity index (χ0v) is 14.5. The lowest BCUT2D eigenvalue weighted by Crippen LogP contribution is -2.14. The van der Waals surface area contributed by atoms with Crippen LogP contribution in [0.3, 0.4) is 0 Å². The summed E-state index contributed by atoms with van der Waals surface area (Å²) >= 11 is 15.0. The van der Waals surface area contributed by atoms with Crippen molar-refractivity contribution in [2.75, 3.05) is 4.72 Å². The highest BCUT2D eigenvalue weighted by atomic mass is 79.9. The number of halogens is 3. The third-order valence-electron chi connectivity index (χ3n) is 2.72. The predicted molar refractivity (Wildman–Crippen MR) is 89.3 cm³/mol. The molecular weight excluding hydrogens is 399 g/mol. The van der Waals surface area contributed by atoms with Crippen molar-refractivity contribution >= 4 is 54.8 Å². The van der Waals surface area contributed by atoms with E-state index in [4.69, 9.17) is 28.9 Å². The van der Waals surface area contributed by atoms with Crippen LogP contribution in [0.2, 0.25) is 10.0 Å². The van der Waals surface area contributed by atoms with Gasteiger partial charge in [-0.15, -0.1) is 0 Å². The summed E-state index contributed by atoms with van der Waals surface area (Å²) in [6.07, 6.45) is 0. The van der Waals surface area contributed by atoms with E-state index in [1.165, 1.54) is 18.2 Å². The van der Waals surface area contributed by atoms with Crippen molar-refractivity contribution in [2.24, 2.45) is 5.73 Å². The maximum Gasteiger partial charge on any atom is 0.261 e. The Kier molecular flexibility index (Phi) is 5.16. The van der Waals surface area contributed by atoms with Crippen molar-refractivity contribution < 1.29 is 8.42 Å². The fourth-order valence-electron chi connectivity index (χ4n) is 1.65. The molecule has 0 aliphatic heterocycles. The van der Waals surface area contributed by atoms with E-state index in [0.29, 0.717) is 25.8 Å². The van der Waals surface area contributed by atoms with E-state index in [1.54, 1.807) is 18.2 Å². The highest BCUT2D eigenvalue weighted by Gasteiger charge is 2.17. The molecule has 0 bridgehead atoms. The van der Waals surface area contributed by atoms with Crippen LogP contribution in [0, 0.1) is 0 Å². The molecule has 8 heteroatoms. The molecule has 0 saturated heterocycles. The average molecular weight is 410 g/mol. The minimum absolute atomic E-state index is 0.0919. The number of hydrogen-bond acceptors (Lipinski definition) is 3. The summed E-state index contributed by atoms with van der Waals surface area (Å²) < 4.78 is 27.8. The van der Waals surface area contributed by atoms with Crippen molar-refractivity contribution in [1.29, 1.82) is 0 Å². The van der Waals surface area contributed by atoms with Crippen molar-refractivity contribution in [1.82, 2.24) is 0 Å². The van der Waals surface area contributed by atoms with Gasteiger partial charge >= 0.3 is 0 Å². The molecular formula is C13H11BrCl2N2O2S. The van der Waals surface area contributed by atoms with E-state index in [-0.39, 0.29) is 11.4 Å². The molecule has 0 saturated carbocycles. The standard InChI is InChI=1S/C13H11BrCl2N2O2S/c14-11-6-9(15)1-4-13(11)18-21(19,20)10-2-3-12(16)8(5-10)7-17/h1-6,18H,7,17H2. The largest absolute Gasteiger partial charge is 0.326 e. The molecule has 2 aromatic rings. The first-order valence-corrected chi connectivity index (χ1v) is 8.83. The monoisotopic (exact) mass is 408 g/mol. The summed E-state index contributed by atoms with van der Waals surface area (Å²) in [5.74, 6) is 0. The van der Waals surface area contributed by atoms with Crippen LogP contribution in [0.5, 0.6) is 0 Å². The lowest BCUT2D eigenvalue weighted by Gasteiger charge is -2.11. The van der Waals surface area contributed by atoms with Crippen molar-refractivity contribution in [3.8, 4) is 0 Å². The fraction of sp³-hybridized carbons (Fsp3) is 0.0769. The predicted octanol–water partition coefficient (Wildman–Crippen LogP) is 4.02. The quantitative estimate of drug-likeness (QED) is 0.800. The first-order chi connectivity index (χ1) is 9.83. The van der Waals surface area contributed by atoms with E-state index >= 15 is 0 Å². The zero-order valence-electron chi connectivity index (χ0n) is 10.6. The number of nitrogens with two attached hydrogens (primary N) is 1. The van der Waals surface area contributed by atoms with Gasteiger partial charge in [0.1, 0.15) is 0 Å². The van der Waals surface area contributed by atoms with Gasteiger partial charge in [0.25, 0.3) is 10.0 Å². The first-order valence-electron chi connectivity index (χ1n) is 5.80. The molecule has 2 rings (SSSR count). The fourth-order valence-corrected chi connectivity index (χ4v) is 3.89. The number of benzene rings is 2. The second-order valence-electron chi connectivity index (χ2n) is 4.19. The van der Waals surface area contributed by atoms with Gasteiger partial charge in [0.2, 0.25) is 0 Å². The zero-order chi connectivity index (χ0) is 15.6. The highest BCUT2D eigenvalue weighted by molar-refractivity contribution is 9.10. The summed E-state index contributed by atoms with van der Waals surface area (Å²) in [4.78, 5) is 0.0919. The summed E-state index contributed by atoms with van der Waals surface area (Å²) in [6.45, 7) is 0.160. The third kappa shape index (κ3) is 3.90. The Morgan fingerprint density at radius 2 is 1.86 bits per heavy atom. The smallest absolute Gasteiger partial charge is 0.261 e. The molecule has 0 spiro atoms. The van der Waals surface area contributed by atoms with Crippen LogP contribution in [0.1, 0.15) is 5.56 Å². The van der Waals surface area contributed by atoms with Gasteiger partial charge in [-0.3, -0.25) is 4.72 Å². The van der Waals surface area contributed by atoms with Crippen LogP contribution in [-0.2, 0) is 16.6 Å². The minimum atomic E-state index is -3.74. The van der Waals surface area contributed by atoms with Crippen LogP contribution in [0.25, 0.3) is 0 Å². The normalized spacial score (nSPS) is 11.4. The van der Waals surface area contributed by atoms with Gasteiger partial charge in [0.05, 0.1) is 10.6 Å². The van der Waals surface area contributed by atoms with Crippen LogP contribution in [0.15, 0.2) is 45.8 Å². The summed E-state index contributed by atoms with van der Waals surface area (Å²) in [5.41, 5.74) is 6.49. The molecule has 0 aliphatic carbocycles. The second-order valence-corrected chi connectivity index (χ2v) is 7.57. The number of nitrogens with one attached hydrogen (secondary N) is 1. The Morgan fingerprint density at radius 3 is 2.48 bits per heavy atom. The summed E-state index contributed by atoms with van der Waals surface area (Å²) in [5, 5.41) is 0.936. The van der Waals surface area contributed by atoms with Gasteiger partial charge in [-0.05, 0) is 57.9 Å². The summed E-state index contributed by atoms with van der Waals surface area (Å²) in [6, 6.07) is 9.16. The topological polar surface area (TPSA) is 72.2 Å². The van der Waals surface area contributed by atoms with Crippen LogP contribution in [-0.4, -0.2) is 8.42 Å². The van der Waals surface area contributed by atoms with Crippen molar-refractivity contribution in [2.45, 2.75) is 11.4 Å².